The summed E-state index contributed by atoms with van der Waals surface area (Å²) in [6, 6.07) is 1.81. The third-order valence-corrected chi connectivity index (χ3v) is 3.96. The molecule has 4 nitrogen and oxygen atoms in total. The van der Waals surface area contributed by atoms with Gasteiger partial charge in [0.15, 0.2) is 0 Å². The van der Waals surface area contributed by atoms with Crippen LogP contribution >= 0.6 is 27.3 Å². The number of halogens is 1. The highest BCUT2D eigenvalue weighted by atomic mass is 79.9. The fourth-order valence-electron chi connectivity index (χ4n) is 1.00. The Hall–Kier alpha value is -0.880. The van der Waals surface area contributed by atoms with Gasteiger partial charge in [-0.05, 0) is 34.3 Å². The van der Waals surface area contributed by atoms with Crippen LogP contribution in [0.5, 0.6) is 0 Å². The van der Waals surface area contributed by atoms with Crippen molar-refractivity contribution in [2.75, 3.05) is 20.1 Å². The Balaban J connectivity index is 2.48. The van der Waals surface area contributed by atoms with Crippen LogP contribution in [0.1, 0.15) is 16.6 Å². The Morgan fingerprint density at radius 3 is 2.75 bits per heavy atom. The lowest BCUT2D eigenvalue weighted by molar-refractivity contribution is -0.128. The van der Waals surface area contributed by atoms with Crippen LogP contribution in [0.3, 0.4) is 0 Å². The van der Waals surface area contributed by atoms with Crippen molar-refractivity contribution in [1.82, 2.24) is 10.2 Å². The van der Waals surface area contributed by atoms with E-state index in [-0.39, 0.29) is 18.4 Å². The molecule has 6 heteroatoms. The summed E-state index contributed by atoms with van der Waals surface area (Å²) in [5, 5.41) is 4.41. The highest BCUT2D eigenvalue weighted by molar-refractivity contribution is 9.10. The predicted molar refractivity (Wildman–Crippen MR) is 67.7 cm³/mol. The fourth-order valence-corrected chi connectivity index (χ4v) is 2.47. The molecule has 0 radical (unpaired) electrons. The second-order valence-electron chi connectivity index (χ2n) is 3.19. The van der Waals surface area contributed by atoms with Gasteiger partial charge in [0, 0.05) is 18.1 Å². The lowest BCUT2D eigenvalue weighted by Gasteiger charge is -2.14. The highest BCUT2D eigenvalue weighted by Gasteiger charge is 2.13. The summed E-state index contributed by atoms with van der Waals surface area (Å²) in [6.07, 6.45) is 0. The average molecular weight is 305 g/mol. The molecule has 0 aliphatic rings. The minimum Gasteiger partial charge on any atom is -0.345 e. The van der Waals surface area contributed by atoms with Crippen molar-refractivity contribution in [2.24, 2.45) is 0 Å². The number of nitrogens with zero attached hydrogens (tertiary/aromatic N) is 1. The number of thiophene rings is 1. The van der Waals surface area contributed by atoms with Crippen LogP contribution < -0.4 is 5.32 Å². The molecule has 0 atom stereocenters. The van der Waals surface area contributed by atoms with Crippen LogP contribution in [0, 0.1) is 0 Å². The van der Waals surface area contributed by atoms with Crippen molar-refractivity contribution in [2.45, 2.75) is 6.92 Å². The fraction of sp³-hybridized carbons (Fsp3) is 0.400. The summed E-state index contributed by atoms with van der Waals surface area (Å²) < 4.78 is 0.756. The standard InChI is InChI=1S/C10H13BrN2O2S/c1-3-13(2)8(14)6-12-10(15)9-7(11)4-5-16-9/h4-5H,3,6H2,1-2H3,(H,12,15). The number of likely N-dealkylation sites (N-methyl/N-ethyl adjacent to an activating group) is 1. The molecule has 0 saturated carbocycles. The summed E-state index contributed by atoms with van der Waals surface area (Å²) in [5.41, 5.74) is 0. The Morgan fingerprint density at radius 2 is 2.25 bits per heavy atom. The monoisotopic (exact) mass is 304 g/mol. The SMILES string of the molecule is CCN(C)C(=O)CNC(=O)c1sccc1Br. The average Bonchev–Trinajstić information content (AvgIpc) is 2.70. The van der Waals surface area contributed by atoms with Crippen LogP contribution in [0.15, 0.2) is 15.9 Å². The van der Waals surface area contributed by atoms with Gasteiger partial charge in [0.25, 0.3) is 5.91 Å². The largest absolute Gasteiger partial charge is 0.345 e. The zero-order valence-electron chi connectivity index (χ0n) is 9.12. The van der Waals surface area contributed by atoms with E-state index in [0.717, 1.165) is 4.47 Å². The molecule has 1 aromatic heterocycles. The number of hydrogen-bond acceptors (Lipinski definition) is 3. The molecular weight excluding hydrogens is 292 g/mol. The molecule has 88 valence electrons. The first-order valence-corrected chi connectivity index (χ1v) is 6.48. The van der Waals surface area contributed by atoms with E-state index in [1.165, 1.54) is 11.3 Å². The normalized spacial score (nSPS) is 9.94. The van der Waals surface area contributed by atoms with Crippen molar-refractivity contribution in [3.63, 3.8) is 0 Å². The molecule has 0 bridgehead atoms. The molecular formula is C10H13BrN2O2S. The number of rotatable bonds is 4. The Kier molecular flexibility index (Phi) is 4.95. The van der Waals surface area contributed by atoms with Gasteiger partial charge in [-0.25, -0.2) is 0 Å². The number of nitrogens with one attached hydrogen (secondary N) is 1. The Morgan fingerprint density at radius 1 is 1.56 bits per heavy atom. The van der Waals surface area contributed by atoms with Crippen LogP contribution in [0.25, 0.3) is 0 Å². The molecule has 0 saturated heterocycles. The summed E-state index contributed by atoms with van der Waals surface area (Å²) >= 11 is 4.61. The number of amides is 2. The van der Waals surface area contributed by atoms with Crippen LogP contribution in [-0.4, -0.2) is 36.9 Å². The van der Waals surface area contributed by atoms with Gasteiger partial charge in [-0.2, -0.15) is 0 Å². The minimum atomic E-state index is -0.222. The van der Waals surface area contributed by atoms with Gasteiger partial charge in [0.2, 0.25) is 5.91 Å². The second kappa shape index (κ2) is 6.00. The maximum Gasteiger partial charge on any atom is 0.262 e. The molecule has 0 aliphatic heterocycles. The van der Waals surface area contributed by atoms with Gasteiger partial charge in [-0.15, -0.1) is 11.3 Å². The minimum absolute atomic E-state index is 0.0352. The number of hydrogen-bond donors (Lipinski definition) is 1. The molecule has 1 N–H and O–H groups in total. The molecule has 16 heavy (non-hydrogen) atoms. The lowest BCUT2D eigenvalue weighted by Crippen LogP contribution is -2.37. The quantitative estimate of drug-likeness (QED) is 0.921. The third kappa shape index (κ3) is 3.31. The molecule has 1 aromatic rings. The summed E-state index contributed by atoms with van der Waals surface area (Å²) in [6.45, 7) is 2.56. The van der Waals surface area contributed by atoms with E-state index in [1.807, 2.05) is 12.3 Å². The molecule has 0 unspecified atom stereocenters. The lowest BCUT2D eigenvalue weighted by atomic mass is 10.4. The van der Waals surface area contributed by atoms with Gasteiger partial charge < -0.3 is 10.2 Å². The number of carbonyl (C=O) groups excluding carboxylic acids is 2. The predicted octanol–water partition coefficient (Wildman–Crippen LogP) is 1.72. The van der Waals surface area contributed by atoms with E-state index in [9.17, 15) is 9.59 Å². The zero-order valence-corrected chi connectivity index (χ0v) is 11.5. The summed E-state index contributed by atoms with van der Waals surface area (Å²) in [4.78, 5) is 25.2. The van der Waals surface area contributed by atoms with Crippen molar-refractivity contribution < 1.29 is 9.59 Å². The van der Waals surface area contributed by atoms with Gasteiger partial charge in [0.1, 0.15) is 4.88 Å². The van der Waals surface area contributed by atoms with Gasteiger partial charge in [-0.3, -0.25) is 9.59 Å². The van der Waals surface area contributed by atoms with E-state index in [2.05, 4.69) is 21.2 Å². The first-order chi connectivity index (χ1) is 7.56. The maximum absolute atomic E-state index is 11.6. The van der Waals surface area contributed by atoms with Crippen molar-refractivity contribution in [3.05, 3.63) is 20.8 Å². The molecule has 0 spiro atoms. The van der Waals surface area contributed by atoms with E-state index in [1.54, 1.807) is 18.0 Å². The van der Waals surface area contributed by atoms with Crippen LogP contribution in [-0.2, 0) is 4.79 Å². The zero-order chi connectivity index (χ0) is 12.1. The van der Waals surface area contributed by atoms with E-state index >= 15 is 0 Å². The summed E-state index contributed by atoms with van der Waals surface area (Å²) in [7, 11) is 1.70. The van der Waals surface area contributed by atoms with Gasteiger partial charge in [-0.1, -0.05) is 0 Å². The van der Waals surface area contributed by atoms with Crippen LogP contribution in [0.2, 0.25) is 0 Å². The maximum atomic E-state index is 11.6. The second-order valence-corrected chi connectivity index (χ2v) is 4.96. The van der Waals surface area contributed by atoms with Gasteiger partial charge >= 0.3 is 0 Å². The molecule has 0 aromatic carbocycles. The van der Waals surface area contributed by atoms with Crippen LogP contribution in [0.4, 0.5) is 0 Å². The third-order valence-electron chi connectivity index (χ3n) is 2.12. The van der Waals surface area contributed by atoms with Gasteiger partial charge in [0.05, 0.1) is 6.54 Å². The number of carbonyl (C=O) groups is 2. The molecule has 2 amide bonds. The van der Waals surface area contributed by atoms with E-state index < -0.39 is 0 Å². The molecule has 0 aliphatic carbocycles. The Bertz CT molecular complexity index is 392. The van der Waals surface area contributed by atoms with Crippen molar-refractivity contribution in [1.29, 1.82) is 0 Å². The van der Waals surface area contributed by atoms with E-state index in [0.29, 0.717) is 11.4 Å². The smallest absolute Gasteiger partial charge is 0.262 e. The van der Waals surface area contributed by atoms with Crippen molar-refractivity contribution >= 4 is 39.1 Å². The highest BCUT2D eigenvalue weighted by Crippen LogP contribution is 2.22. The molecule has 1 heterocycles. The molecule has 1 rings (SSSR count). The first-order valence-electron chi connectivity index (χ1n) is 4.81. The Labute approximate surface area is 107 Å². The molecule has 0 fully saturated rings. The first kappa shape index (κ1) is 13.2. The summed E-state index contributed by atoms with van der Waals surface area (Å²) in [5.74, 6) is -0.316. The topological polar surface area (TPSA) is 49.4 Å². The van der Waals surface area contributed by atoms with Crippen molar-refractivity contribution in [3.8, 4) is 0 Å². The van der Waals surface area contributed by atoms with E-state index in [4.69, 9.17) is 0 Å².